The van der Waals surface area contributed by atoms with Gasteiger partial charge in [0, 0.05) is 25.3 Å². The van der Waals surface area contributed by atoms with Crippen LogP contribution < -0.4 is 5.73 Å². The van der Waals surface area contributed by atoms with Gasteiger partial charge in [0.25, 0.3) is 5.91 Å². The molecule has 2 fully saturated rings. The van der Waals surface area contributed by atoms with Crippen LogP contribution in [0, 0.1) is 18.8 Å². The monoisotopic (exact) mass is 245 g/mol. The summed E-state index contributed by atoms with van der Waals surface area (Å²) >= 11 is 0. The molecule has 4 heteroatoms. The van der Waals surface area contributed by atoms with Crippen molar-refractivity contribution in [1.29, 1.82) is 0 Å². The van der Waals surface area contributed by atoms with E-state index in [4.69, 9.17) is 5.73 Å². The number of carbonyl (C=O) groups excluding carboxylic acids is 1. The lowest BCUT2D eigenvalue weighted by Gasteiger charge is -2.19. The molecule has 1 aliphatic carbocycles. The summed E-state index contributed by atoms with van der Waals surface area (Å²) in [5.74, 6) is 1.17. The standard InChI is InChI=1S/C14H19N3O/c1-9-3-2-6-16-13(9)14(18)17-7-10-4-5-12(15)11(10)8-17/h2-3,6,10-12H,4-5,7-8,15H2,1H3. The molecule has 3 unspecified atom stereocenters. The predicted octanol–water partition coefficient (Wildman–Crippen LogP) is 1.20. The Bertz CT molecular complexity index is 474. The molecule has 18 heavy (non-hydrogen) atoms. The first-order valence-electron chi connectivity index (χ1n) is 6.63. The number of nitrogens with two attached hydrogens (primary N) is 1. The summed E-state index contributed by atoms with van der Waals surface area (Å²) in [5.41, 5.74) is 7.63. The number of aryl methyl sites for hydroxylation is 1. The maximum Gasteiger partial charge on any atom is 0.272 e. The lowest BCUT2D eigenvalue weighted by atomic mass is 9.98. The molecule has 1 aromatic rings. The molecule has 1 saturated carbocycles. The molecule has 0 radical (unpaired) electrons. The van der Waals surface area contributed by atoms with E-state index in [9.17, 15) is 4.79 Å². The second kappa shape index (κ2) is 4.35. The smallest absolute Gasteiger partial charge is 0.272 e. The molecular formula is C14H19N3O. The SMILES string of the molecule is Cc1cccnc1C(=O)N1CC2CCC(N)C2C1. The fraction of sp³-hybridized carbons (Fsp3) is 0.571. The molecule has 1 aliphatic heterocycles. The molecule has 0 aromatic carbocycles. The van der Waals surface area contributed by atoms with Gasteiger partial charge >= 0.3 is 0 Å². The number of hydrogen-bond acceptors (Lipinski definition) is 3. The molecule has 1 saturated heterocycles. The van der Waals surface area contributed by atoms with Crippen LogP contribution in [0.2, 0.25) is 0 Å². The van der Waals surface area contributed by atoms with Crippen molar-refractivity contribution in [3.8, 4) is 0 Å². The van der Waals surface area contributed by atoms with E-state index < -0.39 is 0 Å². The first kappa shape index (κ1) is 11.7. The summed E-state index contributed by atoms with van der Waals surface area (Å²) in [6, 6.07) is 4.07. The van der Waals surface area contributed by atoms with E-state index >= 15 is 0 Å². The van der Waals surface area contributed by atoms with Crippen molar-refractivity contribution in [3.05, 3.63) is 29.6 Å². The number of fused-ring (bicyclic) bond motifs is 1. The van der Waals surface area contributed by atoms with Gasteiger partial charge in [0.05, 0.1) is 0 Å². The lowest BCUT2D eigenvalue weighted by Crippen LogP contribution is -2.34. The van der Waals surface area contributed by atoms with Crippen molar-refractivity contribution in [2.24, 2.45) is 17.6 Å². The topological polar surface area (TPSA) is 59.2 Å². The van der Waals surface area contributed by atoms with Crippen LogP contribution >= 0.6 is 0 Å². The van der Waals surface area contributed by atoms with E-state index in [0.29, 0.717) is 17.5 Å². The van der Waals surface area contributed by atoms with Crippen LogP contribution in [0.4, 0.5) is 0 Å². The largest absolute Gasteiger partial charge is 0.337 e. The van der Waals surface area contributed by atoms with E-state index in [0.717, 1.165) is 31.5 Å². The first-order chi connectivity index (χ1) is 8.66. The molecule has 2 N–H and O–H groups in total. The Morgan fingerprint density at radius 3 is 3.00 bits per heavy atom. The number of carbonyl (C=O) groups is 1. The summed E-state index contributed by atoms with van der Waals surface area (Å²) in [6.45, 7) is 3.59. The van der Waals surface area contributed by atoms with Crippen molar-refractivity contribution < 1.29 is 4.79 Å². The molecule has 3 rings (SSSR count). The molecule has 2 aliphatic rings. The van der Waals surface area contributed by atoms with Gasteiger partial charge in [-0.1, -0.05) is 6.07 Å². The number of amides is 1. The van der Waals surface area contributed by atoms with Crippen LogP contribution in [-0.4, -0.2) is 34.9 Å². The Balaban J connectivity index is 1.78. The number of nitrogens with zero attached hydrogens (tertiary/aromatic N) is 2. The van der Waals surface area contributed by atoms with Crippen LogP contribution in [0.3, 0.4) is 0 Å². The molecule has 1 amide bonds. The predicted molar refractivity (Wildman–Crippen MR) is 69.1 cm³/mol. The van der Waals surface area contributed by atoms with Crippen molar-refractivity contribution in [3.63, 3.8) is 0 Å². The number of likely N-dealkylation sites (tertiary alicyclic amines) is 1. The molecular weight excluding hydrogens is 226 g/mol. The van der Waals surface area contributed by atoms with E-state index in [2.05, 4.69) is 4.98 Å². The highest BCUT2D eigenvalue weighted by molar-refractivity contribution is 5.93. The van der Waals surface area contributed by atoms with Gasteiger partial charge in [0.1, 0.15) is 5.69 Å². The van der Waals surface area contributed by atoms with Crippen molar-refractivity contribution in [1.82, 2.24) is 9.88 Å². The van der Waals surface area contributed by atoms with Crippen LogP contribution in [0.5, 0.6) is 0 Å². The van der Waals surface area contributed by atoms with Crippen LogP contribution in [0.25, 0.3) is 0 Å². The van der Waals surface area contributed by atoms with Gasteiger partial charge in [-0.3, -0.25) is 9.78 Å². The quantitative estimate of drug-likeness (QED) is 0.808. The van der Waals surface area contributed by atoms with Crippen molar-refractivity contribution in [2.75, 3.05) is 13.1 Å². The summed E-state index contributed by atoms with van der Waals surface area (Å²) in [4.78, 5) is 18.6. The van der Waals surface area contributed by atoms with E-state index in [-0.39, 0.29) is 11.9 Å². The Morgan fingerprint density at radius 2 is 2.28 bits per heavy atom. The number of hydrogen-bond donors (Lipinski definition) is 1. The minimum Gasteiger partial charge on any atom is -0.337 e. The Hall–Kier alpha value is -1.42. The van der Waals surface area contributed by atoms with Gasteiger partial charge < -0.3 is 10.6 Å². The maximum absolute atomic E-state index is 12.4. The summed E-state index contributed by atoms with van der Waals surface area (Å²) in [7, 11) is 0. The second-order valence-corrected chi connectivity index (χ2v) is 5.54. The zero-order valence-electron chi connectivity index (χ0n) is 10.7. The normalized spacial score (nSPS) is 30.6. The Morgan fingerprint density at radius 1 is 1.44 bits per heavy atom. The number of aromatic nitrogens is 1. The minimum atomic E-state index is 0.0645. The van der Waals surface area contributed by atoms with Gasteiger partial charge in [-0.2, -0.15) is 0 Å². The maximum atomic E-state index is 12.4. The Labute approximate surface area is 107 Å². The zero-order chi connectivity index (χ0) is 12.7. The molecule has 2 heterocycles. The third-order valence-corrected chi connectivity index (χ3v) is 4.41. The van der Waals surface area contributed by atoms with E-state index in [1.54, 1.807) is 6.20 Å². The number of pyridine rings is 1. The highest BCUT2D eigenvalue weighted by Crippen LogP contribution is 2.37. The minimum absolute atomic E-state index is 0.0645. The molecule has 96 valence electrons. The summed E-state index contributed by atoms with van der Waals surface area (Å²) in [5, 5.41) is 0. The molecule has 3 atom stereocenters. The average molecular weight is 245 g/mol. The van der Waals surface area contributed by atoms with Gasteiger partial charge in [0.15, 0.2) is 0 Å². The van der Waals surface area contributed by atoms with Crippen molar-refractivity contribution >= 4 is 5.91 Å². The van der Waals surface area contributed by atoms with E-state index in [1.165, 1.54) is 0 Å². The molecule has 0 spiro atoms. The van der Waals surface area contributed by atoms with Gasteiger partial charge in [-0.25, -0.2) is 0 Å². The van der Waals surface area contributed by atoms with Crippen LogP contribution in [0.15, 0.2) is 18.3 Å². The summed E-state index contributed by atoms with van der Waals surface area (Å²) in [6.07, 6.45) is 3.96. The lowest BCUT2D eigenvalue weighted by molar-refractivity contribution is 0.0773. The number of rotatable bonds is 1. The second-order valence-electron chi connectivity index (χ2n) is 5.54. The van der Waals surface area contributed by atoms with Gasteiger partial charge in [-0.15, -0.1) is 0 Å². The summed E-state index contributed by atoms with van der Waals surface area (Å²) < 4.78 is 0. The third-order valence-electron chi connectivity index (χ3n) is 4.41. The molecule has 0 bridgehead atoms. The highest BCUT2D eigenvalue weighted by atomic mass is 16.2. The van der Waals surface area contributed by atoms with Crippen LogP contribution in [0.1, 0.15) is 28.9 Å². The zero-order valence-corrected chi connectivity index (χ0v) is 10.7. The Kier molecular flexibility index (Phi) is 2.82. The van der Waals surface area contributed by atoms with E-state index in [1.807, 2.05) is 24.0 Å². The van der Waals surface area contributed by atoms with Gasteiger partial charge in [-0.05, 0) is 43.2 Å². The third kappa shape index (κ3) is 1.81. The fourth-order valence-corrected chi connectivity index (χ4v) is 3.33. The molecule has 1 aromatic heterocycles. The fourth-order valence-electron chi connectivity index (χ4n) is 3.33. The van der Waals surface area contributed by atoms with Crippen LogP contribution in [-0.2, 0) is 0 Å². The van der Waals surface area contributed by atoms with Crippen molar-refractivity contribution in [2.45, 2.75) is 25.8 Å². The molecule has 4 nitrogen and oxygen atoms in total. The van der Waals surface area contributed by atoms with Gasteiger partial charge in [0.2, 0.25) is 0 Å². The highest BCUT2D eigenvalue weighted by Gasteiger charge is 2.42. The first-order valence-corrected chi connectivity index (χ1v) is 6.63. The average Bonchev–Trinajstić information content (AvgIpc) is 2.92.